The number of hydrogen-bond acceptors (Lipinski definition) is 4. The van der Waals surface area contributed by atoms with Crippen LogP contribution in [-0.4, -0.2) is 21.3 Å². The first kappa shape index (κ1) is 9.20. The fourth-order valence-corrected chi connectivity index (χ4v) is 1.46. The Morgan fingerprint density at radius 2 is 2.20 bits per heavy atom. The van der Waals surface area contributed by atoms with E-state index in [-0.39, 0.29) is 10.9 Å². The van der Waals surface area contributed by atoms with Gasteiger partial charge in [0.2, 0.25) is 5.75 Å². The second-order valence-electron chi connectivity index (χ2n) is 2.97. The number of rotatable bonds is 2. The van der Waals surface area contributed by atoms with Crippen LogP contribution in [0.4, 0.5) is 5.69 Å². The second kappa shape index (κ2) is 3.09. The van der Waals surface area contributed by atoms with Gasteiger partial charge in [0.1, 0.15) is 0 Å². The van der Waals surface area contributed by atoms with Gasteiger partial charge < -0.3 is 10.1 Å². The van der Waals surface area contributed by atoms with E-state index in [2.05, 4.69) is 4.98 Å². The van der Waals surface area contributed by atoms with Gasteiger partial charge in [-0.3, -0.25) is 14.9 Å². The molecule has 0 aliphatic heterocycles. The number of phenols is 1. The lowest BCUT2D eigenvalue weighted by atomic mass is 10.1. The molecule has 0 bridgehead atoms. The van der Waals surface area contributed by atoms with Crippen LogP contribution in [0.1, 0.15) is 10.4 Å². The van der Waals surface area contributed by atoms with Crippen molar-refractivity contribution in [3.8, 4) is 5.75 Å². The highest BCUT2D eigenvalue weighted by Gasteiger charge is 2.18. The van der Waals surface area contributed by atoms with Crippen molar-refractivity contribution >= 4 is 22.9 Å². The summed E-state index contributed by atoms with van der Waals surface area (Å²) < 4.78 is 0. The number of benzene rings is 1. The summed E-state index contributed by atoms with van der Waals surface area (Å²) in [5.41, 5.74) is 0.275. The summed E-state index contributed by atoms with van der Waals surface area (Å²) in [5, 5.41) is 20.3. The molecule has 0 spiro atoms. The number of nitrogens with zero attached hydrogens (tertiary/aromatic N) is 1. The smallest absolute Gasteiger partial charge is 0.311 e. The molecule has 0 unspecified atom stereocenters. The van der Waals surface area contributed by atoms with E-state index in [0.717, 1.165) is 0 Å². The second-order valence-corrected chi connectivity index (χ2v) is 2.97. The van der Waals surface area contributed by atoms with Crippen molar-refractivity contribution in [3.05, 3.63) is 34.0 Å². The van der Waals surface area contributed by atoms with Crippen molar-refractivity contribution in [2.45, 2.75) is 0 Å². The number of aldehydes is 1. The molecule has 2 rings (SSSR count). The molecule has 76 valence electrons. The molecule has 2 N–H and O–H groups in total. The molecule has 1 aromatic heterocycles. The Hall–Kier alpha value is -2.37. The number of aromatic amines is 1. The third kappa shape index (κ3) is 1.23. The Bertz CT molecular complexity index is 558. The predicted molar refractivity (Wildman–Crippen MR) is 52.0 cm³/mol. The third-order valence-corrected chi connectivity index (χ3v) is 2.15. The number of carbonyl (C=O) groups is 1. The van der Waals surface area contributed by atoms with Crippen molar-refractivity contribution in [1.82, 2.24) is 4.98 Å². The van der Waals surface area contributed by atoms with E-state index in [1.165, 1.54) is 18.3 Å². The number of nitro groups is 1. The Morgan fingerprint density at radius 1 is 1.47 bits per heavy atom. The van der Waals surface area contributed by atoms with Crippen molar-refractivity contribution in [1.29, 1.82) is 0 Å². The number of fused-ring (bicyclic) bond motifs is 1. The summed E-state index contributed by atoms with van der Waals surface area (Å²) in [4.78, 5) is 23.2. The zero-order valence-electron chi connectivity index (χ0n) is 7.43. The first-order valence-corrected chi connectivity index (χ1v) is 4.07. The average molecular weight is 206 g/mol. The normalized spacial score (nSPS) is 10.4. The van der Waals surface area contributed by atoms with Crippen LogP contribution in [-0.2, 0) is 0 Å². The van der Waals surface area contributed by atoms with Gasteiger partial charge in [-0.2, -0.15) is 0 Å². The molecule has 0 amide bonds. The highest BCUT2D eigenvalue weighted by atomic mass is 16.6. The monoisotopic (exact) mass is 206 g/mol. The molecule has 0 atom stereocenters. The molecule has 0 saturated carbocycles. The lowest BCUT2D eigenvalue weighted by Crippen LogP contribution is -1.89. The SMILES string of the molecule is O=Cc1c[nH]c2ccc([N+](=O)[O-])c(O)c12. The van der Waals surface area contributed by atoms with E-state index in [4.69, 9.17) is 0 Å². The number of aromatic hydroxyl groups is 1. The highest BCUT2D eigenvalue weighted by molar-refractivity contribution is 6.02. The molecule has 1 aromatic carbocycles. The van der Waals surface area contributed by atoms with Gasteiger partial charge >= 0.3 is 5.69 Å². The molecule has 15 heavy (non-hydrogen) atoms. The number of carbonyl (C=O) groups excluding carboxylic acids is 1. The van der Waals surface area contributed by atoms with Crippen molar-refractivity contribution < 1.29 is 14.8 Å². The van der Waals surface area contributed by atoms with Gasteiger partial charge in [-0.15, -0.1) is 0 Å². The van der Waals surface area contributed by atoms with Crippen LogP contribution in [0.15, 0.2) is 18.3 Å². The summed E-state index contributed by atoms with van der Waals surface area (Å²) in [6.07, 6.45) is 1.92. The first-order chi connectivity index (χ1) is 7.15. The molecule has 1 heterocycles. The Morgan fingerprint density at radius 3 is 2.80 bits per heavy atom. The largest absolute Gasteiger partial charge is 0.502 e. The molecule has 0 radical (unpaired) electrons. The van der Waals surface area contributed by atoms with Crippen molar-refractivity contribution in [2.75, 3.05) is 0 Å². The highest BCUT2D eigenvalue weighted by Crippen LogP contribution is 2.35. The van der Waals surface area contributed by atoms with Crippen LogP contribution in [0.3, 0.4) is 0 Å². The summed E-state index contributed by atoms with van der Waals surface area (Å²) in [6.45, 7) is 0. The van der Waals surface area contributed by atoms with Gasteiger partial charge in [-0.1, -0.05) is 0 Å². The van der Waals surface area contributed by atoms with Crippen LogP contribution in [0.5, 0.6) is 5.75 Å². The van der Waals surface area contributed by atoms with Gasteiger partial charge in [0.25, 0.3) is 0 Å². The maximum Gasteiger partial charge on any atom is 0.311 e. The maximum absolute atomic E-state index is 10.6. The third-order valence-electron chi connectivity index (χ3n) is 2.15. The van der Waals surface area contributed by atoms with Crippen LogP contribution in [0.25, 0.3) is 10.9 Å². The number of hydrogen-bond donors (Lipinski definition) is 2. The van der Waals surface area contributed by atoms with Gasteiger partial charge in [-0.25, -0.2) is 0 Å². The molecule has 6 nitrogen and oxygen atoms in total. The lowest BCUT2D eigenvalue weighted by molar-refractivity contribution is -0.385. The van der Waals surface area contributed by atoms with Crippen LogP contribution in [0, 0.1) is 10.1 Å². The topological polar surface area (TPSA) is 96.2 Å². The minimum absolute atomic E-state index is 0.180. The molecule has 0 fully saturated rings. The van der Waals surface area contributed by atoms with Gasteiger partial charge in [-0.05, 0) is 6.07 Å². The molecule has 2 aromatic rings. The van der Waals surface area contributed by atoms with E-state index < -0.39 is 16.4 Å². The van der Waals surface area contributed by atoms with E-state index in [0.29, 0.717) is 11.8 Å². The fourth-order valence-electron chi connectivity index (χ4n) is 1.46. The number of aromatic nitrogens is 1. The van der Waals surface area contributed by atoms with Crippen molar-refractivity contribution in [3.63, 3.8) is 0 Å². The molecular weight excluding hydrogens is 200 g/mol. The number of nitro benzene ring substituents is 1. The standard InChI is InChI=1S/C9H6N2O4/c12-4-5-3-10-6-1-2-7(11(14)15)9(13)8(5)6/h1-4,10,13H. The molecular formula is C9H6N2O4. The lowest BCUT2D eigenvalue weighted by Gasteiger charge is -1.97. The minimum atomic E-state index is -0.698. The van der Waals surface area contributed by atoms with Gasteiger partial charge in [0, 0.05) is 17.8 Å². The maximum atomic E-state index is 10.6. The Labute approximate surface area is 83.3 Å². The van der Waals surface area contributed by atoms with Crippen LogP contribution in [0.2, 0.25) is 0 Å². The summed E-state index contributed by atoms with van der Waals surface area (Å²) in [6, 6.07) is 2.63. The average Bonchev–Trinajstić information content (AvgIpc) is 2.61. The summed E-state index contributed by atoms with van der Waals surface area (Å²) in [5.74, 6) is -0.485. The van der Waals surface area contributed by atoms with E-state index >= 15 is 0 Å². The predicted octanol–water partition coefficient (Wildman–Crippen LogP) is 1.59. The van der Waals surface area contributed by atoms with Gasteiger partial charge in [0.15, 0.2) is 6.29 Å². The molecule has 0 aliphatic carbocycles. The zero-order chi connectivity index (χ0) is 11.0. The number of nitrogens with one attached hydrogen (secondary N) is 1. The van der Waals surface area contributed by atoms with E-state index in [1.54, 1.807) is 0 Å². The van der Waals surface area contributed by atoms with E-state index in [9.17, 15) is 20.0 Å². The Kier molecular flexibility index (Phi) is 1.89. The Balaban J connectivity index is 2.86. The number of H-pyrrole nitrogens is 1. The minimum Gasteiger partial charge on any atom is -0.502 e. The quantitative estimate of drug-likeness (QED) is 0.443. The summed E-state index contributed by atoms with van der Waals surface area (Å²) in [7, 11) is 0. The van der Waals surface area contributed by atoms with Crippen LogP contribution < -0.4 is 0 Å². The van der Waals surface area contributed by atoms with Crippen LogP contribution >= 0.6 is 0 Å². The summed E-state index contributed by atoms with van der Waals surface area (Å²) >= 11 is 0. The zero-order valence-corrected chi connectivity index (χ0v) is 7.43. The molecule has 0 aliphatic rings. The van der Waals surface area contributed by atoms with Gasteiger partial charge in [0.05, 0.1) is 15.8 Å². The molecule has 6 heteroatoms. The molecule has 0 saturated heterocycles. The number of phenolic OH excluding ortho intramolecular Hbond substituents is 1. The van der Waals surface area contributed by atoms with Crippen molar-refractivity contribution in [2.24, 2.45) is 0 Å². The fraction of sp³-hybridized carbons (Fsp3) is 0. The van der Waals surface area contributed by atoms with E-state index in [1.807, 2.05) is 0 Å². The first-order valence-electron chi connectivity index (χ1n) is 4.07.